The number of likely N-dealkylation sites (tertiary alicyclic amines) is 1. The Hall–Kier alpha value is -3.45. The molecule has 2 aromatic carbocycles. The summed E-state index contributed by atoms with van der Waals surface area (Å²) < 4.78 is 6.01. The summed E-state index contributed by atoms with van der Waals surface area (Å²) in [7, 11) is 0. The molecule has 1 atom stereocenters. The van der Waals surface area contributed by atoms with Gasteiger partial charge < -0.3 is 15.5 Å². The van der Waals surface area contributed by atoms with Gasteiger partial charge in [0, 0.05) is 23.7 Å². The van der Waals surface area contributed by atoms with Crippen LogP contribution in [0.2, 0.25) is 0 Å². The van der Waals surface area contributed by atoms with Crippen LogP contribution < -0.4 is 11.1 Å². The normalized spacial score (nSPS) is 18.6. The fourth-order valence-corrected chi connectivity index (χ4v) is 4.33. The van der Waals surface area contributed by atoms with Crippen molar-refractivity contribution in [2.45, 2.75) is 44.2 Å². The molecule has 7 nitrogen and oxygen atoms in total. The molecule has 1 saturated carbocycles. The summed E-state index contributed by atoms with van der Waals surface area (Å²) >= 11 is 0. The van der Waals surface area contributed by atoms with Gasteiger partial charge >= 0.3 is 0 Å². The second-order valence-electron chi connectivity index (χ2n) is 8.56. The maximum atomic E-state index is 13.1. The van der Waals surface area contributed by atoms with E-state index in [-0.39, 0.29) is 23.8 Å². The van der Waals surface area contributed by atoms with Gasteiger partial charge in [0.1, 0.15) is 5.76 Å². The van der Waals surface area contributed by atoms with Crippen molar-refractivity contribution in [1.82, 2.24) is 9.88 Å². The van der Waals surface area contributed by atoms with Gasteiger partial charge in [-0.1, -0.05) is 30.3 Å². The summed E-state index contributed by atoms with van der Waals surface area (Å²) in [6.07, 6.45) is 3.78. The van der Waals surface area contributed by atoms with Crippen LogP contribution in [0, 0.1) is 0 Å². The van der Waals surface area contributed by atoms with E-state index in [1.165, 1.54) is 0 Å². The van der Waals surface area contributed by atoms with Crippen molar-refractivity contribution in [2.24, 2.45) is 5.73 Å². The summed E-state index contributed by atoms with van der Waals surface area (Å²) in [5.41, 5.74) is 8.45. The summed E-state index contributed by atoms with van der Waals surface area (Å²) in [5, 5.41) is 2.97. The first-order valence-electron chi connectivity index (χ1n) is 11.1. The summed E-state index contributed by atoms with van der Waals surface area (Å²) in [5.74, 6) is 0.843. The van der Waals surface area contributed by atoms with Crippen molar-refractivity contribution in [3.05, 3.63) is 71.6 Å². The highest BCUT2D eigenvalue weighted by atomic mass is 16.4. The number of carbonyl (C=O) groups is 2. The fraction of sp³-hybridized carbons (Fsp3) is 0.320. The molecule has 1 aliphatic carbocycles. The van der Waals surface area contributed by atoms with E-state index in [1.54, 1.807) is 0 Å². The Balaban J connectivity index is 1.34. The predicted octanol–water partition coefficient (Wildman–Crippen LogP) is 3.92. The van der Waals surface area contributed by atoms with Crippen molar-refractivity contribution in [2.75, 3.05) is 11.9 Å². The zero-order valence-electron chi connectivity index (χ0n) is 17.8. The highest BCUT2D eigenvalue weighted by Gasteiger charge is 2.34. The summed E-state index contributed by atoms with van der Waals surface area (Å²) in [6.45, 7) is 1.46. The molecule has 1 unspecified atom stereocenters. The Morgan fingerprint density at radius 3 is 2.66 bits per heavy atom. The number of rotatable bonds is 7. The number of hydrogen-bond acceptors (Lipinski definition) is 5. The first-order valence-corrected chi connectivity index (χ1v) is 11.1. The minimum Gasteiger partial charge on any atom is -0.440 e. The molecule has 2 heterocycles. The summed E-state index contributed by atoms with van der Waals surface area (Å²) in [6, 6.07) is 17.1. The topological polar surface area (TPSA) is 101 Å². The van der Waals surface area contributed by atoms with Gasteiger partial charge in [0.05, 0.1) is 6.04 Å². The molecule has 7 heteroatoms. The van der Waals surface area contributed by atoms with E-state index < -0.39 is 0 Å². The van der Waals surface area contributed by atoms with Crippen LogP contribution in [0.3, 0.4) is 0 Å². The third-order valence-corrected chi connectivity index (χ3v) is 6.10. The van der Waals surface area contributed by atoms with E-state index in [9.17, 15) is 9.59 Å². The molecular weight excluding hydrogens is 404 g/mol. The van der Waals surface area contributed by atoms with Crippen molar-refractivity contribution >= 4 is 17.5 Å². The van der Waals surface area contributed by atoms with Crippen molar-refractivity contribution in [3.8, 4) is 11.5 Å². The quantitative estimate of drug-likeness (QED) is 0.592. The molecule has 164 valence electrons. The molecular formula is C25H26N4O3. The Bertz CT molecular complexity index is 1140. The number of aromatic nitrogens is 1. The molecule has 32 heavy (non-hydrogen) atoms. The van der Waals surface area contributed by atoms with E-state index in [1.807, 2.05) is 54.6 Å². The molecule has 3 aromatic rings. The Kier molecular flexibility index (Phi) is 5.49. The third-order valence-electron chi connectivity index (χ3n) is 6.10. The number of nitrogens with one attached hydrogen (secondary N) is 1. The predicted molar refractivity (Wildman–Crippen MR) is 121 cm³/mol. The minimum absolute atomic E-state index is 0.221. The highest BCUT2D eigenvalue weighted by Crippen LogP contribution is 2.43. The van der Waals surface area contributed by atoms with Crippen molar-refractivity contribution in [3.63, 3.8) is 0 Å². The molecule has 1 aliphatic heterocycles. The number of hydrogen-bond donors (Lipinski definition) is 2. The molecule has 5 rings (SSSR count). The standard InChI is InChI=1S/C25H26N4O3/c26-23(30)20-10-5-13-29(20)15-16-6-4-9-19(14-16)27-24(31)21-22(17-11-12-17)32-25(28-21)18-7-2-1-3-8-18/h1-4,6-9,14,17,20H,5,10-13,15H2,(H2,26,30)(H,27,31). The number of anilines is 1. The van der Waals surface area contributed by atoms with Crippen LogP contribution in [0.5, 0.6) is 0 Å². The van der Waals surface area contributed by atoms with E-state index in [4.69, 9.17) is 10.2 Å². The second-order valence-corrected chi connectivity index (χ2v) is 8.56. The van der Waals surface area contributed by atoms with Gasteiger partial charge in [0.25, 0.3) is 5.91 Å². The maximum absolute atomic E-state index is 13.1. The number of oxazole rings is 1. The second kappa shape index (κ2) is 8.59. The molecule has 1 saturated heterocycles. The zero-order valence-corrected chi connectivity index (χ0v) is 17.8. The average molecular weight is 431 g/mol. The van der Waals surface area contributed by atoms with Crippen molar-refractivity contribution < 1.29 is 14.0 Å². The molecule has 2 fully saturated rings. The Labute approximate surface area is 186 Å². The van der Waals surface area contributed by atoms with Gasteiger partial charge in [-0.2, -0.15) is 0 Å². The lowest BCUT2D eigenvalue weighted by molar-refractivity contribution is -0.122. The van der Waals surface area contributed by atoms with Gasteiger partial charge in [-0.3, -0.25) is 14.5 Å². The number of nitrogens with two attached hydrogens (primary N) is 1. The van der Waals surface area contributed by atoms with Gasteiger partial charge in [-0.25, -0.2) is 4.98 Å². The lowest BCUT2D eigenvalue weighted by Gasteiger charge is -2.22. The largest absolute Gasteiger partial charge is 0.440 e. The van der Waals surface area contributed by atoms with Crippen LogP contribution in [-0.2, 0) is 11.3 Å². The molecule has 0 spiro atoms. The molecule has 0 radical (unpaired) electrons. The maximum Gasteiger partial charge on any atom is 0.277 e. The Morgan fingerprint density at radius 1 is 1.09 bits per heavy atom. The fourth-order valence-electron chi connectivity index (χ4n) is 4.33. The first-order chi connectivity index (χ1) is 15.6. The number of carbonyl (C=O) groups excluding carboxylic acids is 2. The Morgan fingerprint density at radius 2 is 1.91 bits per heavy atom. The minimum atomic E-state index is -0.278. The average Bonchev–Trinajstić information content (AvgIpc) is 3.36. The molecule has 3 N–H and O–H groups in total. The van der Waals surface area contributed by atoms with Gasteiger partial charge in [-0.05, 0) is 62.1 Å². The van der Waals surface area contributed by atoms with E-state index in [0.717, 1.165) is 43.4 Å². The van der Waals surface area contributed by atoms with Crippen LogP contribution in [0.4, 0.5) is 5.69 Å². The number of benzene rings is 2. The van der Waals surface area contributed by atoms with E-state index in [0.29, 0.717) is 29.6 Å². The smallest absolute Gasteiger partial charge is 0.277 e. The lowest BCUT2D eigenvalue weighted by atomic mass is 10.1. The number of amides is 2. The van der Waals surface area contributed by atoms with E-state index >= 15 is 0 Å². The van der Waals surface area contributed by atoms with Crippen LogP contribution in [-0.4, -0.2) is 34.3 Å². The van der Waals surface area contributed by atoms with Crippen molar-refractivity contribution in [1.29, 1.82) is 0 Å². The first kappa shape index (κ1) is 20.5. The highest BCUT2D eigenvalue weighted by molar-refractivity contribution is 6.04. The van der Waals surface area contributed by atoms with Crippen LogP contribution in [0.25, 0.3) is 11.5 Å². The van der Waals surface area contributed by atoms with Crippen LogP contribution in [0.15, 0.2) is 59.0 Å². The third kappa shape index (κ3) is 4.29. The van der Waals surface area contributed by atoms with Gasteiger partial charge in [-0.15, -0.1) is 0 Å². The number of nitrogens with zero attached hydrogens (tertiary/aromatic N) is 2. The zero-order chi connectivity index (χ0) is 22.1. The SMILES string of the molecule is NC(=O)C1CCCN1Cc1cccc(NC(=O)c2nc(-c3ccccc3)oc2C2CC2)c1. The number of primary amides is 1. The summed E-state index contributed by atoms with van der Waals surface area (Å²) in [4.78, 5) is 31.4. The lowest BCUT2D eigenvalue weighted by Crippen LogP contribution is -2.39. The molecule has 2 aliphatic rings. The monoisotopic (exact) mass is 430 g/mol. The molecule has 2 amide bonds. The van der Waals surface area contributed by atoms with Gasteiger partial charge in [0.15, 0.2) is 5.69 Å². The molecule has 1 aromatic heterocycles. The van der Waals surface area contributed by atoms with Crippen LogP contribution in [0.1, 0.15) is 53.4 Å². The molecule has 0 bridgehead atoms. The van der Waals surface area contributed by atoms with E-state index in [2.05, 4.69) is 15.2 Å². The van der Waals surface area contributed by atoms with Gasteiger partial charge in [0.2, 0.25) is 11.8 Å². The van der Waals surface area contributed by atoms with Crippen LogP contribution >= 0.6 is 0 Å².